The van der Waals surface area contributed by atoms with Gasteiger partial charge in [-0.25, -0.2) is 0 Å². The lowest BCUT2D eigenvalue weighted by molar-refractivity contribution is -0.120. The first kappa shape index (κ1) is 12.0. The number of pyridine rings is 1. The third kappa shape index (κ3) is 3.27. The molecule has 0 saturated heterocycles. The number of anilines is 1. The Balaban J connectivity index is 1.90. The first-order valence-corrected chi connectivity index (χ1v) is 6.14. The van der Waals surface area contributed by atoms with Crippen molar-refractivity contribution in [2.45, 2.75) is 38.6 Å². The molecule has 92 valence electrons. The van der Waals surface area contributed by atoms with Crippen molar-refractivity contribution in [1.29, 1.82) is 0 Å². The van der Waals surface area contributed by atoms with Crippen LogP contribution in [0.15, 0.2) is 18.3 Å². The molecule has 0 aliphatic heterocycles. The zero-order valence-corrected chi connectivity index (χ0v) is 10.1. The van der Waals surface area contributed by atoms with Crippen molar-refractivity contribution in [1.82, 2.24) is 4.98 Å². The molecule has 0 bridgehead atoms. The minimum atomic E-state index is 0.0996. The van der Waals surface area contributed by atoms with Gasteiger partial charge in [-0.1, -0.05) is 0 Å². The highest BCUT2D eigenvalue weighted by Crippen LogP contribution is 2.24. The van der Waals surface area contributed by atoms with Gasteiger partial charge in [-0.3, -0.25) is 9.78 Å². The van der Waals surface area contributed by atoms with Crippen molar-refractivity contribution in [3.8, 4) is 0 Å². The maximum Gasteiger partial charge on any atom is 0.227 e. The summed E-state index contributed by atoms with van der Waals surface area (Å²) in [7, 11) is 0. The summed E-state index contributed by atoms with van der Waals surface area (Å²) in [6.45, 7) is 1.92. The largest absolute Gasteiger partial charge is 0.328 e. The normalized spacial score (nSPS) is 24.4. The van der Waals surface area contributed by atoms with Crippen LogP contribution in [-0.2, 0) is 4.79 Å². The number of hydrogen-bond donors (Lipinski definition) is 2. The van der Waals surface area contributed by atoms with Gasteiger partial charge in [0, 0.05) is 17.7 Å². The number of nitrogens with zero attached hydrogens (tertiary/aromatic N) is 1. The van der Waals surface area contributed by atoms with Crippen molar-refractivity contribution in [3.05, 3.63) is 24.0 Å². The fraction of sp³-hybridized carbons (Fsp3) is 0.538. The van der Waals surface area contributed by atoms with Crippen molar-refractivity contribution in [2.24, 2.45) is 11.7 Å². The minimum Gasteiger partial charge on any atom is -0.328 e. The molecule has 1 aliphatic carbocycles. The SMILES string of the molecule is Cc1ccc(NC(=O)C2CCC(N)CC2)cn1. The predicted molar refractivity (Wildman–Crippen MR) is 67.5 cm³/mol. The van der Waals surface area contributed by atoms with Gasteiger partial charge in [0.25, 0.3) is 0 Å². The smallest absolute Gasteiger partial charge is 0.227 e. The Bertz CT molecular complexity index is 380. The van der Waals surface area contributed by atoms with Crippen molar-refractivity contribution in [3.63, 3.8) is 0 Å². The number of nitrogens with one attached hydrogen (secondary N) is 1. The van der Waals surface area contributed by atoms with E-state index in [0.717, 1.165) is 37.1 Å². The second kappa shape index (κ2) is 5.27. The van der Waals surface area contributed by atoms with E-state index in [1.54, 1.807) is 6.20 Å². The molecule has 1 saturated carbocycles. The molecule has 4 nitrogen and oxygen atoms in total. The molecule has 1 aromatic heterocycles. The Morgan fingerprint density at radius 2 is 2.06 bits per heavy atom. The lowest BCUT2D eigenvalue weighted by atomic mass is 9.86. The molecule has 0 atom stereocenters. The van der Waals surface area contributed by atoms with Crippen LogP contribution in [0.3, 0.4) is 0 Å². The molecule has 1 fully saturated rings. The summed E-state index contributed by atoms with van der Waals surface area (Å²) >= 11 is 0. The standard InChI is InChI=1S/C13H19N3O/c1-9-2-7-12(8-15-9)16-13(17)10-3-5-11(14)6-4-10/h2,7-8,10-11H,3-6,14H2,1H3,(H,16,17). The van der Waals surface area contributed by atoms with Gasteiger partial charge in [-0.2, -0.15) is 0 Å². The molecule has 1 aliphatic rings. The van der Waals surface area contributed by atoms with Gasteiger partial charge in [0.1, 0.15) is 0 Å². The van der Waals surface area contributed by atoms with Gasteiger partial charge in [-0.15, -0.1) is 0 Å². The van der Waals surface area contributed by atoms with Crippen LogP contribution < -0.4 is 11.1 Å². The van der Waals surface area contributed by atoms with E-state index >= 15 is 0 Å². The van der Waals surface area contributed by atoms with E-state index in [1.807, 2.05) is 19.1 Å². The maximum absolute atomic E-state index is 12.0. The highest BCUT2D eigenvalue weighted by molar-refractivity contribution is 5.92. The highest BCUT2D eigenvalue weighted by atomic mass is 16.1. The summed E-state index contributed by atoms with van der Waals surface area (Å²) in [5, 5.41) is 2.91. The van der Waals surface area contributed by atoms with Crippen LogP contribution in [0.5, 0.6) is 0 Å². The topological polar surface area (TPSA) is 68.0 Å². The van der Waals surface area contributed by atoms with Crippen LogP contribution in [0, 0.1) is 12.8 Å². The summed E-state index contributed by atoms with van der Waals surface area (Å²) in [5.74, 6) is 0.207. The lowest BCUT2D eigenvalue weighted by Crippen LogP contribution is -2.32. The van der Waals surface area contributed by atoms with Crippen LogP contribution in [0.25, 0.3) is 0 Å². The van der Waals surface area contributed by atoms with Gasteiger partial charge >= 0.3 is 0 Å². The van der Waals surface area contributed by atoms with Gasteiger partial charge < -0.3 is 11.1 Å². The molecule has 0 spiro atoms. The Kier molecular flexibility index (Phi) is 3.74. The predicted octanol–water partition coefficient (Wildman–Crippen LogP) is 1.85. The van der Waals surface area contributed by atoms with E-state index in [0.29, 0.717) is 0 Å². The van der Waals surface area contributed by atoms with Gasteiger partial charge in [0.05, 0.1) is 11.9 Å². The van der Waals surface area contributed by atoms with Crippen LogP contribution in [0.2, 0.25) is 0 Å². The van der Waals surface area contributed by atoms with Crippen molar-refractivity contribution >= 4 is 11.6 Å². The number of hydrogen-bond acceptors (Lipinski definition) is 3. The van der Waals surface area contributed by atoms with Gasteiger partial charge in [-0.05, 0) is 44.7 Å². The number of nitrogens with two attached hydrogens (primary N) is 1. The summed E-state index contributed by atoms with van der Waals surface area (Å²) < 4.78 is 0. The Hall–Kier alpha value is -1.42. The molecule has 3 N–H and O–H groups in total. The van der Waals surface area contributed by atoms with E-state index < -0.39 is 0 Å². The van der Waals surface area contributed by atoms with Crippen LogP contribution in [-0.4, -0.2) is 16.9 Å². The third-order valence-corrected chi connectivity index (χ3v) is 3.32. The Labute approximate surface area is 102 Å². The Morgan fingerprint density at radius 1 is 1.35 bits per heavy atom. The van der Waals surface area contributed by atoms with Crippen LogP contribution >= 0.6 is 0 Å². The number of rotatable bonds is 2. The average Bonchev–Trinajstić information content (AvgIpc) is 2.33. The van der Waals surface area contributed by atoms with E-state index in [9.17, 15) is 4.79 Å². The minimum absolute atomic E-state index is 0.0996. The number of aromatic nitrogens is 1. The lowest BCUT2D eigenvalue weighted by Gasteiger charge is -2.25. The molecule has 1 heterocycles. The summed E-state index contributed by atoms with van der Waals surface area (Å²) in [6.07, 6.45) is 5.38. The third-order valence-electron chi connectivity index (χ3n) is 3.32. The van der Waals surface area contributed by atoms with Gasteiger partial charge in [0.2, 0.25) is 5.91 Å². The summed E-state index contributed by atoms with van der Waals surface area (Å²) in [6, 6.07) is 4.06. The molecular weight excluding hydrogens is 214 g/mol. The summed E-state index contributed by atoms with van der Waals surface area (Å²) in [5.41, 5.74) is 7.55. The van der Waals surface area contributed by atoms with Gasteiger partial charge in [0.15, 0.2) is 0 Å². The maximum atomic E-state index is 12.0. The second-order valence-corrected chi connectivity index (χ2v) is 4.79. The van der Waals surface area contributed by atoms with Crippen LogP contribution in [0.4, 0.5) is 5.69 Å². The fourth-order valence-electron chi connectivity index (χ4n) is 2.17. The molecule has 4 heteroatoms. The van der Waals surface area contributed by atoms with E-state index in [4.69, 9.17) is 5.73 Å². The molecule has 0 radical (unpaired) electrons. The molecule has 0 unspecified atom stereocenters. The van der Waals surface area contributed by atoms with Crippen LogP contribution in [0.1, 0.15) is 31.4 Å². The zero-order chi connectivity index (χ0) is 12.3. The number of carbonyl (C=O) groups is 1. The number of carbonyl (C=O) groups excluding carboxylic acids is 1. The summed E-state index contributed by atoms with van der Waals surface area (Å²) in [4.78, 5) is 16.1. The van der Waals surface area contributed by atoms with Crippen molar-refractivity contribution in [2.75, 3.05) is 5.32 Å². The first-order valence-electron chi connectivity index (χ1n) is 6.14. The Morgan fingerprint density at radius 3 is 2.65 bits per heavy atom. The number of amides is 1. The highest BCUT2D eigenvalue weighted by Gasteiger charge is 2.24. The zero-order valence-electron chi connectivity index (χ0n) is 10.1. The van der Waals surface area contributed by atoms with E-state index in [2.05, 4.69) is 10.3 Å². The quantitative estimate of drug-likeness (QED) is 0.819. The molecule has 0 aromatic carbocycles. The molecule has 17 heavy (non-hydrogen) atoms. The first-order chi connectivity index (χ1) is 8.15. The van der Waals surface area contributed by atoms with E-state index in [-0.39, 0.29) is 17.9 Å². The fourth-order valence-corrected chi connectivity index (χ4v) is 2.17. The monoisotopic (exact) mass is 233 g/mol. The average molecular weight is 233 g/mol. The molecular formula is C13H19N3O. The van der Waals surface area contributed by atoms with E-state index in [1.165, 1.54) is 0 Å². The molecule has 1 aromatic rings. The second-order valence-electron chi connectivity index (χ2n) is 4.79. The molecule has 2 rings (SSSR count). The number of aryl methyl sites for hydroxylation is 1. The van der Waals surface area contributed by atoms with Crippen molar-refractivity contribution < 1.29 is 4.79 Å². The molecule has 1 amide bonds.